The largest absolute Gasteiger partial charge is 0.491 e. The molecule has 2 unspecified atom stereocenters. The number of ether oxygens (including phenoxy) is 2. The van der Waals surface area contributed by atoms with Crippen LogP contribution in [0.4, 0.5) is 9.18 Å². The lowest BCUT2D eigenvalue weighted by Crippen LogP contribution is -2.48. The molecule has 0 bridgehead atoms. The van der Waals surface area contributed by atoms with E-state index >= 15 is 0 Å². The summed E-state index contributed by atoms with van der Waals surface area (Å²) in [6.07, 6.45) is 3.29. The molecule has 2 fully saturated rings. The van der Waals surface area contributed by atoms with Crippen LogP contribution in [0.1, 0.15) is 70.2 Å². The molecule has 5 rings (SSSR count). The van der Waals surface area contributed by atoms with Gasteiger partial charge in [0.05, 0.1) is 24.9 Å². The molecule has 0 N–H and O–H groups in total. The fraction of sp³-hybridized carbons (Fsp3) is 0.484. The molecule has 0 aliphatic carbocycles. The number of carbonyl (C=O) groups is 2. The van der Waals surface area contributed by atoms with Crippen molar-refractivity contribution >= 4 is 27.9 Å². The molecule has 2 aliphatic heterocycles. The summed E-state index contributed by atoms with van der Waals surface area (Å²) < 4.78 is 28.2. The van der Waals surface area contributed by atoms with Crippen molar-refractivity contribution in [2.45, 2.75) is 77.6 Å². The van der Waals surface area contributed by atoms with Crippen LogP contribution in [0, 0.1) is 12.7 Å². The summed E-state index contributed by atoms with van der Waals surface area (Å²) in [5.41, 5.74) is 2.52. The highest BCUT2D eigenvalue weighted by Crippen LogP contribution is 2.38. The Morgan fingerprint density at radius 1 is 1.14 bits per heavy atom. The molecule has 2 aromatic carbocycles. The molecule has 0 spiro atoms. The van der Waals surface area contributed by atoms with Gasteiger partial charge in [0.1, 0.15) is 17.3 Å². The lowest BCUT2D eigenvalue weighted by molar-refractivity contribution is -0.136. The van der Waals surface area contributed by atoms with E-state index < -0.39 is 23.6 Å². The van der Waals surface area contributed by atoms with Crippen LogP contribution in [0.3, 0.4) is 0 Å². The highest BCUT2D eigenvalue weighted by molar-refractivity contribution is 9.10. The summed E-state index contributed by atoms with van der Waals surface area (Å²) in [6.45, 7) is 10.5. The van der Waals surface area contributed by atoms with Crippen molar-refractivity contribution in [1.29, 1.82) is 0 Å². The molecular weight excluding hydrogens is 605 g/mol. The number of carbonyl (C=O) groups excluding carboxylic acids is 2. The van der Waals surface area contributed by atoms with E-state index in [1.54, 1.807) is 50.7 Å². The van der Waals surface area contributed by atoms with Gasteiger partial charge in [0, 0.05) is 29.5 Å². The number of aryl methyl sites for hydroxylation is 1. The number of hydrogen-bond acceptors (Lipinski definition) is 6. The number of benzene rings is 2. The summed E-state index contributed by atoms with van der Waals surface area (Å²) in [5.74, 6) is -0.401. The first-order valence-electron chi connectivity index (χ1n) is 14.3. The predicted molar refractivity (Wildman–Crippen MR) is 160 cm³/mol. The van der Waals surface area contributed by atoms with Gasteiger partial charge >= 0.3 is 6.09 Å². The number of aromatic nitrogens is 3. The molecule has 11 heteroatoms. The van der Waals surface area contributed by atoms with Crippen molar-refractivity contribution in [1.82, 2.24) is 24.8 Å². The third-order valence-electron chi connectivity index (χ3n) is 7.59. The van der Waals surface area contributed by atoms with E-state index in [-0.39, 0.29) is 30.3 Å². The van der Waals surface area contributed by atoms with Gasteiger partial charge in [-0.15, -0.1) is 5.10 Å². The number of amides is 2. The maximum absolute atomic E-state index is 14.5. The summed E-state index contributed by atoms with van der Waals surface area (Å²) in [5, 5.41) is 8.57. The third kappa shape index (κ3) is 6.45. The van der Waals surface area contributed by atoms with E-state index in [1.165, 1.54) is 11.0 Å². The van der Waals surface area contributed by atoms with Crippen LogP contribution in [-0.2, 0) is 9.53 Å². The van der Waals surface area contributed by atoms with Crippen LogP contribution in [0.25, 0.3) is 11.3 Å². The average Bonchev–Trinajstić information content (AvgIpc) is 3.67. The lowest BCUT2D eigenvalue weighted by atomic mass is 10.0. The summed E-state index contributed by atoms with van der Waals surface area (Å²) in [6, 6.07) is 9.80. The predicted octanol–water partition coefficient (Wildman–Crippen LogP) is 6.47. The van der Waals surface area contributed by atoms with Gasteiger partial charge < -0.3 is 14.4 Å². The van der Waals surface area contributed by atoms with E-state index in [4.69, 9.17) is 9.47 Å². The van der Waals surface area contributed by atoms with E-state index in [2.05, 4.69) is 38.4 Å². The Hall–Kier alpha value is -3.47. The molecule has 2 saturated heterocycles. The van der Waals surface area contributed by atoms with E-state index in [0.717, 1.165) is 28.4 Å². The molecule has 1 aromatic heterocycles. The van der Waals surface area contributed by atoms with E-state index in [1.807, 2.05) is 17.9 Å². The van der Waals surface area contributed by atoms with Gasteiger partial charge in [0.25, 0.3) is 0 Å². The highest BCUT2D eigenvalue weighted by atomic mass is 79.9. The quantitative estimate of drug-likeness (QED) is 0.307. The third-order valence-corrected chi connectivity index (χ3v) is 8.05. The fourth-order valence-electron chi connectivity index (χ4n) is 5.81. The van der Waals surface area contributed by atoms with Crippen LogP contribution >= 0.6 is 15.9 Å². The molecule has 2 aliphatic rings. The molecule has 2 amide bonds. The molecule has 42 heavy (non-hydrogen) atoms. The topological polar surface area (TPSA) is 89.8 Å². The zero-order chi connectivity index (χ0) is 30.2. The lowest BCUT2D eigenvalue weighted by Gasteiger charge is -2.32. The number of nitrogens with zero attached hydrogens (tertiary/aromatic N) is 5. The number of halogens is 2. The monoisotopic (exact) mass is 641 g/mol. The van der Waals surface area contributed by atoms with Crippen molar-refractivity contribution in [3.05, 3.63) is 64.0 Å². The zero-order valence-electron chi connectivity index (χ0n) is 24.6. The highest BCUT2D eigenvalue weighted by Gasteiger charge is 2.46. The van der Waals surface area contributed by atoms with Crippen molar-refractivity contribution in [3.8, 4) is 17.0 Å². The Morgan fingerprint density at radius 3 is 2.62 bits per heavy atom. The maximum atomic E-state index is 14.5. The second-order valence-corrected chi connectivity index (χ2v) is 12.9. The fourth-order valence-corrected chi connectivity index (χ4v) is 6.43. The smallest absolute Gasteiger partial charge is 0.411 e. The first-order chi connectivity index (χ1) is 19.9. The molecule has 0 saturated carbocycles. The molecule has 3 heterocycles. The minimum absolute atomic E-state index is 0.0687. The molecule has 224 valence electrons. The molecule has 3 atom stereocenters. The van der Waals surface area contributed by atoms with E-state index in [0.29, 0.717) is 30.8 Å². The van der Waals surface area contributed by atoms with Gasteiger partial charge in [-0.25, -0.2) is 13.9 Å². The normalized spacial score (nSPS) is 20.7. The van der Waals surface area contributed by atoms with Crippen molar-refractivity contribution in [3.63, 3.8) is 0 Å². The van der Waals surface area contributed by atoms with Crippen LogP contribution in [0.15, 0.2) is 47.1 Å². The Morgan fingerprint density at radius 2 is 1.93 bits per heavy atom. The van der Waals surface area contributed by atoms with Gasteiger partial charge in [-0.3, -0.25) is 9.69 Å². The van der Waals surface area contributed by atoms with E-state index in [9.17, 15) is 14.0 Å². The minimum Gasteiger partial charge on any atom is -0.491 e. The Labute approximate surface area is 254 Å². The van der Waals surface area contributed by atoms with Crippen molar-refractivity contribution < 1.29 is 23.5 Å². The second-order valence-electron chi connectivity index (χ2n) is 12.0. The maximum Gasteiger partial charge on any atom is 0.411 e. The standard InChI is InChI=1S/C31H37BrFN5O4/c1-6-41-28-10-9-20(15-24(28)33)25-18-38(35-34-25)23-16-27(37(17-23)30(40)42-31(3,4)5)29(39)36-11-7-8-26(36)21-12-19(2)13-22(32)14-21/h9-10,12-15,18,23,26-27H,6-8,11,16-17H2,1-5H3/t23?,26?,27-/m1/s1. The SMILES string of the molecule is CCOc1ccc(-c2cn(C3C[C@H](C(=O)N4CCCC4c4cc(C)cc(Br)c4)N(C(=O)OC(C)(C)C)C3)nn2)cc1F. The zero-order valence-corrected chi connectivity index (χ0v) is 26.2. The average molecular weight is 643 g/mol. The Bertz CT molecular complexity index is 1450. The second kappa shape index (κ2) is 12.0. The molecule has 9 nitrogen and oxygen atoms in total. The number of hydrogen-bond donors (Lipinski definition) is 0. The van der Waals surface area contributed by atoms with Crippen LogP contribution in [0.2, 0.25) is 0 Å². The minimum atomic E-state index is -0.717. The van der Waals surface area contributed by atoms with Crippen LogP contribution < -0.4 is 4.74 Å². The van der Waals surface area contributed by atoms with Gasteiger partial charge in [0.2, 0.25) is 5.91 Å². The van der Waals surface area contributed by atoms with Gasteiger partial charge in [-0.2, -0.15) is 0 Å². The van der Waals surface area contributed by atoms with Crippen LogP contribution in [-0.4, -0.2) is 68.1 Å². The van der Waals surface area contributed by atoms with Crippen molar-refractivity contribution in [2.24, 2.45) is 0 Å². The molecule has 0 radical (unpaired) electrons. The number of rotatable bonds is 6. The van der Waals surface area contributed by atoms with Crippen LogP contribution in [0.5, 0.6) is 5.75 Å². The van der Waals surface area contributed by atoms with Gasteiger partial charge in [0.15, 0.2) is 11.6 Å². The first-order valence-corrected chi connectivity index (χ1v) is 15.1. The Kier molecular flexibility index (Phi) is 8.59. The summed E-state index contributed by atoms with van der Waals surface area (Å²) >= 11 is 3.59. The van der Waals surface area contributed by atoms with Gasteiger partial charge in [-0.1, -0.05) is 27.2 Å². The number of likely N-dealkylation sites (tertiary alicyclic amines) is 2. The summed E-state index contributed by atoms with van der Waals surface area (Å²) in [7, 11) is 0. The van der Waals surface area contributed by atoms with Gasteiger partial charge in [-0.05, 0) is 88.9 Å². The Balaban J connectivity index is 1.40. The van der Waals surface area contributed by atoms with Crippen molar-refractivity contribution in [2.75, 3.05) is 19.7 Å². The molecular formula is C31H37BrFN5O4. The summed E-state index contributed by atoms with van der Waals surface area (Å²) in [4.78, 5) is 31.0. The first kappa shape index (κ1) is 30.0. The molecule has 3 aromatic rings.